The number of aldehydes is 1. The quantitative estimate of drug-likeness (QED) is 0.654. The Bertz CT molecular complexity index is 239. The van der Waals surface area contributed by atoms with E-state index in [4.69, 9.17) is 0 Å². The molecule has 16 heavy (non-hydrogen) atoms. The lowest BCUT2D eigenvalue weighted by Crippen LogP contribution is -2.47. The molecule has 1 fully saturated rings. The highest BCUT2D eigenvalue weighted by Gasteiger charge is 2.24. The third-order valence-corrected chi connectivity index (χ3v) is 3.28. The van der Waals surface area contributed by atoms with Crippen LogP contribution in [0.2, 0.25) is 0 Å². The summed E-state index contributed by atoms with van der Waals surface area (Å²) in [6.45, 7) is 6.72. The van der Waals surface area contributed by atoms with Gasteiger partial charge in [-0.05, 0) is 33.2 Å². The molecule has 4 heteroatoms. The first kappa shape index (κ1) is 13.2. The van der Waals surface area contributed by atoms with Crippen LogP contribution in [0.4, 0.5) is 0 Å². The zero-order valence-corrected chi connectivity index (χ0v) is 10.3. The van der Waals surface area contributed by atoms with Crippen LogP contribution in [0, 0.1) is 0 Å². The van der Waals surface area contributed by atoms with E-state index < -0.39 is 0 Å². The van der Waals surface area contributed by atoms with Crippen LogP contribution < -0.4 is 0 Å². The lowest BCUT2D eigenvalue weighted by atomic mass is 10.0. The molecule has 0 radical (unpaired) electrons. The molecule has 0 aromatic heterocycles. The van der Waals surface area contributed by atoms with Gasteiger partial charge in [0.05, 0.1) is 12.6 Å². The lowest BCUT2D eigenvalue weighted by molar-refractivity contribution is -0.133. The van der Waals surface area contributed by atoms with Gasteiger partial charge in [0.25, 0.3) is 0 Å². The number of carbonyl (C=O) groups is 2. The van der Waals surface area contributed by atoms with Gasteiger partial charge in [-0.3, -0.25) is 9.69 Å². The Kier molecular flexibility index (Phi) is 5.46. The smallest absolute Gasteiger partial charge is 0.236 e. The number of piperidine rings is 1. The molecule has 0 N–H and O–H groups in total. The van der Waals surface area contributed by atoms with Gasteiger partial charge in [0.15, 0.2) is 0 Å². The average molecular weight is 226 g/mol. The van der Waals surface area contributed by atoms with Crippen LogP contribution in [0.3, 0.4) is 0 Å². The van der Waals surface area contributed by atoms with Gasteiger partial charge >= 0.3 is 0 Å². The maximum absolute atomic E-state index is 11.9. The zero-order valence-electron chi connectivity index (χ0n) is 10.3. The van der Waals surface area contributed by atoms with E-state index in [2.05, 4.69) is 0 Å². The number of likely N-dealkylation sites (N-methyl/N-ethyl adjacent to an activating group) is 1. The van der Waals surface area contributed by atoms with Crippen molar-refractivity contribution in [1.82, 2.24) is 9.80 Å². The van der Waals surface area contributed by atoms with E-state index in [-0.39, 0.29) is 11.9 Å². The number of carbonyl (C=O) groups excluding carboxylic acids is 2. The van der Waals surface area contributed by atoms with Crippen molar-refractivity contribution in [3.63, 3.8) is 0 Å². The van der Waals surface area contributed by atoms with Crippen LogP contribution >= 0.6 is 0 Å². The number of likely N-dealkylation sites (tertiary alicyclic amines) is 1. The van der Waals surface area contributed by atoms with Crippen molar-refractivity contribution in [1.29, 1.82) is 0 Å². The van der Waals surface area contributed by atoms with Crippen molar-refractivity contribution in [3.05, 3.63) is 0 Å². The molecule has 1 atom stereocenters. The number of nitrogens with zero attached hydrogens (tertiary/aromatic N) is 2. The summed E-state index contributed by atoms with van der Waals surface area (Å²) in [6.07, 6.45) is 4.07. The van der Waals surface area contributed by atoms with Crippen LogP contribution in [-0.2, 0) is 9.59 Å². The van der Waals surface area contributed by atoms with Gasteiger partial charge in [0.2, 0.25) is 5.91 Å². The summed E-state index contributed by atoms with van der Waals surface area (Å²) >= 11 is 0. The van der Waals surface area contributed by atoms with E-state index >= 15 is 0 Å². The molecule has 1 aliphatic rings. The number of amides is 1. The first-order valence-corrected chi connectivity index (χ1v) is 6.20. The maximum atomic E-state index is 11.9. The Balaban J connectivity index is 2.50. The highest BCUT2D eigenvalue weighted by atomic mass is 16.2. The topological polar surface area (TPSA) is 40.6 Å². The van der Waals surface area contributed by atoms with E-state index in [1.54, 1.807) is 0 Å². The predicted molar refractivity (Wildman–Crippen MR) is 63.2 cm³/mol. The van der Waals surface area contributed by atoms with Crippen molar-refractivity contribution in [2.24, 2.45) is 0 Å². The molecular weight excluding hydrogens is 204 g/mol. The van der Waals surface area contributed by atoms with Gasteiger partial charge in [-0.25, -0.2) is 0 Å². The Labute approximate surface area is 97.6 Å². The molecule has 1 saturated heterocycles. The Hall–Kier alpha value is -0.900. The molecule has 0 aliphatic carbocycles. The molecule has 1 rings (SSSR count). The van der Waals surface area contributed by atoms with E-state index in [9.17, 15) is 9.59 Å². The fourth-order valence-electron chi connectivity index (χ4n) is 2.22. The third kappa shape index (κ3) is 3.30. The summed E-state index contributed by atoms with van der Waals surface area (Å²) in [5.41, 5.74) is 0. The molecule has 0 saturated carbocycles. The van der Waals surface area contributed by atoms with Crippen LogP contribution in [0.5, 0.6) is 0 Å². The van der Waals surface area contributed by atoms with Crippen LogP contribution in [0.15, 0.2) is 0 Å². The summed E-state index contributed by atoms with van der Waals surface area (Å²) in [6, 6.07) is -0.0479. The molecule has 1 unspecified atom stereocenters. The lowest BCUT2D eigenvalue weighted by Gasteiger charge is -2.33. The fourth-order valence-corrected chi connectivity index (χ4v) is 2.22. The molecule has 4 nitrogen and oxygen atoms in total. The van der Waals surface area contributed by atoms with E-state index in [1.165, 1.54) is 0 Å². The first-order valence-electron chi connectivity index (χ1n) is 6.20. The van der Waals surface area contributed by atoms with Crippen LogP contribution in [0.25, 0.3) is 0 Å². The van der Waals surface area contributed by atoms with E-state index in [0.29, 0.717) is 6.54 Å². The molecular formula is C12H22N2O2. The summed E-state index contributed by atoms with van der Waals surface area (Å²) in [5, 5.41) is 0. The van der Waals surface area contributed by atoms with Crippen molar-refractivity contribution < 1.29 is 9.59 Å². The highest BCUT2D eigenvalue weighted by Crippen LogP contribution is 2.15. The minimum atomic E-state index is -0.0479. The van der Waals surface area contributed by atoms with Gasteiger partial charge in [-0.15, -0.1) is 0 Å². The van der Waals surface area contributed by atoms with Gasteiger partial charge < -0.3 is 9.69 Å². The third-order valence-electron chi connectivity index (χ3n) is 3.28. The second-order valence-electron chi connectivity index (χ2n) is 4.24. The van der Waals surface area contributed by atoms with Gasteiger partial charge in [0, 0.05) is 13.1 Å². The molecule has 0 aromatic rings. The van der Waals surface area contributed by atoms with Crippen LogP contribution in [0.1, 0.15) is 33.1 Å². The monoisotopic (exact) mass is 226 g/mol. The average Bonchev–Trinajstić information content (AvgIpc) is 2.31. The molecule has 0 spiro atoms. The summed E-state index contributed by atoms with van der Waals surface area (Å²) in [5.74, 6) is 0.138. The van der Waals surface area contributed by atoms with Crippen molar-refractivity contribution in [2.45, 2.75) is 39.2 Å². The number of hydrogen-bond acceptors (Lipinski definition) is 3. The SMILES string of the molecule is CCN(CC)C(=O)CN1CCCCC1C=O. The van der Waals surface area contributed by atoms with Crippen molar-refractivity contribution in [2.75, 3.05) is 26.2 Å². The summed E-state index contributed by atoms with van der Waals surface area (Å²) < 4.78 is 0. The van der Waals surface area contributed by atoms with Gasteiger partial charge in [0.1, 0.15) is 6.29 Å². The fraction of sp³-hybridized carbons (Fsp3) is 0.833. The van der Waals surface area contributed by atoms with Gasteiger partial charge in [-0.1, -0.05) is 6.42 Å². The minimum Gasteiger partial charge on any atom is -0.342 e. The normalized spacial score (nSPS) is 21.8. The second-order valence-corrected chi connectivity index (χ2v) is 4.24. The maximum Gasteiger partial charge on any atom is 0.236 e. The van der Waals surface area contributed by atoms with Gasteiger partial charge in [-0.2, -0.15) is 0 Å². The molecule has 92 valence electrons. The zero-order chi connectivity index (χ0) is 12.0. The summed E-state index contributed by atoms with van der Waals surface area (Å²) in [7, 11) is 0. The standard InChI is InChI=1S/C12H22N2O2/c1-3-13(4-2)12(16)9-14-8-6-5-7-11(14)10-15/h10-11H,3-9H2,1-2H3. The molecule has 1 amide bonds. The molecule has 1 heterocycles. The Morgan fingerprint density at radius 3 is 2.62 bits per heavy atom. The molecule has 0 bridgehead atoms. The Morgan fingerprint density at radius 1 is 1.38 bits per heavy atom. The van der Waals surface area contributed by atoms with Crippen molar-refractivity contribution >= 4 is 12.2 Å². The molecule has 1 aliphatic heterocycles. The molecule has 0 aromatic carbocycles. The number of rotatable bonds is 5. The largest absolute Gasteiger partial charge is 0.342 e. The minimum absolute atomic E-state index is 0.0479. The first-order chi connectivity index (χ1) is 7.72. The van der Waals surface area contributed by atoms with E-state index in [0.717, 1.165) is 45.2 Å². The van der Waals surface area contributed by atoms with E-state index in [1.807, 2.05) is 23.6 Å². The second kappa shape index (κ2) is 6.63. The predicted octanol–water partition coefficient (Wildman–Crippen LogP) is 0.908. The van der Waals surface area contributed by atoms with Crippen LogP contribution in [-0.4, -0.2) is 54.2 Å². The number of hydrogen-bond donors (Lipinski definition) is 0. The summed E-state index contributed by atoms with van der Waals surface area (Å²) in [4.78, 5) is 26.6. The Morgan fingerprint density at radius 2 is 2.06 bits per heavy atom. The van der Waals surface area contributed by atoms with Crippen molar-refractivity contribution in [3.8, 4) is 0 Å². The highest BCUT2D eigenvalue weighted by molar-refractivity contribution is 5.78.